The second kappa shape index (κ2) is 7.46. The average Bonchev–Trinajstić information content (AvgIpc) is 3.31. The fraction of sp³-hybridized carbons (Fsp3) is 0.350. The number of aromatic nitrogens is 2. The number of nitrogens with zero attached hydrogens (tertiary/aromatic N) is 4. The van der Waals surface area contributed by atoms with Crippen LogP contribution in [0.2, 0.25) is 0 Å². The summed E-state index contributed by atoms with van der Waals surface area (Å²) < 4.78 is 38.5. The summed E-state index contributed by atoms with van der Waals surface area (Å²) >= 11 is 0. The van der Waals surface area contributed by atoms with Crippen molar-refractivity contribution < 1.29 is 13.2 Å². The van der Waals surface area contributed by atoms with E-state index >= 15 is 0 Å². The van der Waals surface area contributed by atoms with Gasteiger partial charge < -0.3 is 5.32 Å². The van der Waals surface area contributed by atoms with E-state index < -0.39 is 11.9 Å². The molecule has 152 valence electrons. The lowest BCUT2D eigenvalue weighted by atomic mass is 10.1. The van der Waals surface area contributed by atoms with Gasteiger partial charge in [0.15, 0.2) is 5.69 Å². The number of para-hydroxylation sites is 1. The van der Waals surface area contributed by atoms with Gasteiger partial charge in [-0.25, -0.2) is 9.97 Å². The Morgan fingerprint density at radius 1 is 1.24 bits per heavy atom. The zero-order chi connectivity index (χ0) is 20.6. The lowest BCUT2D eigenvalue weighted by Gasteiger charge is -2.38. The van der Waals surface area contributed by atoms with Crippen molar-refractivity contribution in [1.82, 2.24) is 20.4 Å². The van der Waals surface area contributed by atoms with Crippen molar-refractivity contribution in [3.8, 4) is 0 Å². The number of rotatable bonds is 4. The summed E-state index contributed by atoms with van der Waals surface area (Å²) in [6.07, 6.45) is 2.79. The quantitative estimate of drug-likeness (QED) is 0.809. The van der Waals surface area contributed by atoms with Gasteiger partial charge in [-0.2, -0.15) is 18.3 Å². The van der Waals surface area contributed by atoms with Crippen LogP contribution in [0, 0.1) is 13.8 Å². The maximum absolute atomic E-state index is 12.8. The molecule has 1 fully saturated rings. The van der Waals surface area contributed by atoms with Crippen LogP contribution in [0.4, 0.5) is 24.7 Å². The number of benzene rings is 1. The first-order chi connectivity index (χ1) is 13.8. The number of hydrogen-bond acceptors (Lipinski definition) is 6. The van der Waals surface area contributed by atoms with Crippen molar-refractivity contribution in [1.29, 1.82) is 0 Å². The van der Waals surface area contributed by atoms with E-state index in [0.717, 1.165) is 31.1 Å². The van der Waals surface area contributed by atoms with Gasteiger partial charge in [0.1, 0.15) is 5.82 Å². The highest BCUT2D eigenvalue weighted by Gasteiger charge is 2.37. The Morgan fingerprint density at radius 2 is 2.03 bits per heavy atom. The molecule has 6 nitrogen and oxygen atoms in total. The number of hydrazine groups is 2. The Kier molecular flexibility index (Phi) is 4.97. The summed E-state index contributed by atoms with van der Waals surface area (Å²) in [5, 5.41) is 7.24. The minimum Gasteiger partial charge on any atom is -0.364 e. The Hall–Kier alpha value is -2.97. The molecule has 2 aliphatic rings. The molecule has 1 aliphatic carbocycles. The van der Waals surface area contributed by atoms with Crippen molar-refractivity contribution in [3.05, 3.63) is 66.7 Å². The van der Waals surface area contributed by atoms with Crippen LogP contribution in [0.3, 0.4) is 0 Å². The molecule has 2 heterocycles. The van der Waals surface area contributed by atoms with Crippen molar-refractivity contribution >= 4 is 11.5 Å². The lowest BCUT2D eigenvalue weighted by molar-refractivity contribution is -0.141. The molecule has 1 aromatic heterocycles. The largest absolute Gasteiger partial charge is 0.434 e. The fourth-order valence-corrected chi connectivity index (χ4v) is 3.81. The highest BCUT2D eigenvalue weighted by atomic mass is 19.4. The second-order valence-corrected chi connectivity index (χ2v) is 7.13. The second-order valence-electron chi connectivity index (χ2n) is 7.13. The predicted molar refractivity (Wildman–Crippen MR) is 103 cm³/mol. The molecule has 2 N–H and O–H groups in total. The average molecular weight is 402 g/mol. The first kappa shape index (κ1) is 19.4. The van der Waals surface area contributed by atoms with Crippen LogP contribution >= 0.6 is 0 Å². The molecule has 1 unspecified atom stereocenters. The molecule has 29 heavy (non-hydrogen) atoms. The third-order valence-electron chi connectivity index (χ3n) is 5.20. The first-order valence-electron chi connectivity index (χ1n) is 9.37. The zero-order valence-electron chi connectivity index (χ0n) is 15.8. The zero-order valence-corrected chi connectivity index (χ0v) is 15.8. The summed E-state index contributed by atoms with van der Waals surface area (Å²) in [6, 6.07) is 7.61. The normalized spacial score (nSPS) is 21.6. The Balaban J connectivity index is 1.54. The molecule has 2 aromatic rings. The Bertz CT molecular complexity index is 913. The Morgan fingerprint density at radius 3 is 2.76 bits per heavy atom. The summed E-state index contributed by atoms with van der Waals surface area (Å²) in [5.74, 6) is 0.372. The summed E-state index contributed by atoms with van der Waals surface area (Å²) in [5.41, 5.74) is 3.89. The maximum Gasteiger partial charge on any atom is 0.434 e. The molecule has 0 saturated heterocycles. The van der Waals surface area contributed by atoms with E-state index in [1.807, 2.05) is 41.8 Å². The molecule has 0 spiro atoms. The summed E-state index contributed by atoms with van der Waals surface area (Å²) in [6.45, 7) is 7.66. The van der Waals surface area contributed by atoms with E-state index in [9.17, 15) is 13.2 Å². The van der Waals surface area contributed by atoms with Gasteiger partial charge in [0.25, 0.3) is 0 Å². The van der Waals surface area contributed by atoms with E-state index in [-0.39, 0.29) is 17.8 Å². The molecule has 2 radical (unpaired) electrons. The standard InChI is InChI=1S/C20H21F3N6/c1-13-6-3-4-8-16(13)29-25-10-11-28(29)17-9-5-7-15(17)27-19-14(2)26-18(12-24-19)20(21,22)23/h1,3-4,6,8,10-12,15,17,25H,5,7,9H2,2H3,(H,24,27)/t15-,17?/m0/s1. The van der Waals surface area contributed by atoms with Gasteiger partial charge in [0.2, 0.25) is 0 Å². The van der Waals surface area contributed by atoms with Crippen LogP contribution in [0.25, 0.3) is 0 Å². The third-order valence-corrected chi connectivity index (χ3v) is 5.20. The molecule has 4 rings (SSSR count). The first-order valence-corrected chi connectivity index (χ1v) is 9.37. The third kappa shape index (κ3) is 3.81. The van der Waals surface area contributed by atoms with Gasteiger partial charge in [-0.1, -0.05) is 18.2 Å². The molecule has 0 bridgehead atoms. The highest BCUT2D eigenvalue weighted by molar-refractivity contribution is 5.54. The minimum absolute atomic E-state index is 0.00303. The van der Waals surface area contributed by atoms with Gasteiger partial charge >= 0.3 is 6.18 Å². The fourth-order valence-electron chi connectivity index (χ4n) is 3.81. The van der Waals surface area contributed by atoms with Gasteiger partial charge in [0.05, 0.1) is 29.7 Å². The highest BCUT2D eigenvalue weighted by Crippen LogP contribution is 2.33. The number of aryl methyl sites for hydroxylation is 1. The van der Waals surface area contributed by atoms with E-state index in [2.05, 4.69) is 25.7 Å². The molecule has 1 aliphatic heterocycles. The molecule has 0 amide bonds. The maximum atomic E-state index is 12.8. The van der Waals surface area contributed by atoms with Crippen LogP contribution in [-0.4, -0.2) is 27.1 Å². The monoisotopic (exact) mass is 402 g/mol. The van der Waals surface area contributed by atoms with Crippen LogP contribution in [0.15, 0.2) is 42.9 Å². The van der Waals surface area contributed by atoms with E-state index in [1.165, 1.54) is 6.92 Å². The van der Waals surface area contributed by atoms with Gasteiger partial charge in [-0.15, -0.1) is 0 Å². The van der Waals surface area contributed by atoms with Crippen molar-refractivity contribution in [2.24, 2.45) is 0 Å². The molecule has 9 heteroatoms. The van der Waals surface area contributed by atoms with Crippen LogP contribution in [0.5, 0.6) is 0 Å². The van der Waals surface area contributed by atoms with E-state index in [4.69, 9.17) is 6.92 Å². The predicted octanol–water partition coefficient (Wildman–Crippen LogP) is 3.91. The smallest absolute Gasteiger partial charge is 0.364 e. The number of hydrogen-bond donors (Lipinski definition) is 2. The minimum atomic E-state index is -4.51. The van der Waals surface area contributed by atoms with Gasteiger partial charge in [-0.05, 0) is 37.8 Å². The lowest BCUT2D eigenvalue weighted by Crippen LogP contribution is -2.51. The molecule has 1 aromatic carbocycles. The molecular weight excluding hydrogens is 381 g/mol. The topological polar surface area (TPSA) is 56.3 Å². The SMILES string of the molecule is [CH]c1ccccc1N1NC=CN1C1CCC[C@@H]1Nc1ncc(C(F)(F)F)nc1C. The molecule has 1 saturated carbocycles. The number of nitrogens with one attached hydrogen (secondary N) is 2. The molecule has 2 atom stereocenters. The summed E-state index contributed by atoms with van der Waals surface area (Å²) in [7, 11) is 0. The van der Waals surface area contributed by atoms with E-state index in [0.29, 0.717) is 11.4 Å². The van der Waals surface area contributed by atoms with Gasteiger partial charge in [-0.3, -0.25) is 10.4 Å². The molecular formula is C20H21F3N6. The Labute approximate surface area is 167 Å². The van der Waals surface area contributed by atoms with E-state index in [1.54, 1.807) is 0 Å². The summed E-state index contributed by atoms with van der Waals surface area (Å²) in [4.78, 5) is 7.65. The van der Waals surface area contributed by atoms with Gasteiger partial charge in [0, 0.05) is 19.3 Å². The van der Waals surface area contributed by atoms with Crippen LogP contribution in [-0.2, 0) is 6.18 Å². The van der Waals surface area contributed by atoms with Crippen molar-refractivity contribution in [3.63, 3.8) is 0 Å². The number of halogens is 3. The number of alkyl halides is 3. The van der Waals surface area contributed by atoms with Crippen molar-refractivity contribution in [2.75, 3.05) is 10.4 Å². The van der Waals surface area contributed by atoms with Crippen LogP contribution in [0.1, 0.15) is 36.2 Å². The van der Waals surface area contributed by atoms with Crippen LogP contribution < -0.4 is 15.9 Å². The van der Waals surface area contributed by atoms with Crippen molar-refractivity contribution in [2.45, 2.75) is 44.4 Å². The number of anilines is 2.